The molecule has 6 heteroatoms. The number of likely N-dealkylation sites (N-methyl/N-ethyl adjacent to an activating group) is 1. The number of amides is 1. The minimum Gasteiger partial charge on any atom is -0.497 e. The van der Waals surface area contributed by atoms with Crippen LogP contribution in [-0.2, 0) is 4.79 Å². The number of benzene rings is 1. The predicted octanol–water partition coefficient (Wildman–Crippen LogP) is 2.05. The van der Waals surface area contributed by atoms with Crippen molar-refractivity contribution in [1.29, 1.82) is 0 Å². The van der Waals surface area contributed by atoms with Gasteiger partial charge in [-0.2, -0.15) is 0 Å². The zero-order valence-electron chi connectivity index (χ0n) is 9.89. The third-order valence-corrected chi connectivity index (χ3v) is 3.83. The van der Waals surface area contributed by atoms with Gasteiger partial charge < -0.3 is 10.1 Å². The van der Waals surface area contributed by atoms with E-state index >= 15 is 0 Å². The maximum atomic E-state index is 11.7. The van der Waals surface area contributed by atoms with Crippen LogP contribution in [0.5, 0.6) is 5.75 Å². The molecule has 1 atom stereocenters. The molecule has 94 valence electrons. The van der Waals surface area contributed by atoms with Crippen LogP contribution in [0.1, 0.15) is 0 Å². The van der Waals surface area contributed by atoms with E-state index in [2.05, 4.69) is 5.32 Å². The summed E-state index contributed by atoms with van der Waals surface area (Å²) in [6, 6.07) is 5.65. The second-order valence-electron chi connectivity index (χ2n) is 3.79. The Hall–Kier alpha value is -0.910. The first-order chi connectivity index (χ1) is 7.61. The van der Waals surface area contributed by atoms with Crippen molar-refractivity contribution in [2.24, 2.45) is 0 Å². The zero-order chi connectivity index (χ0) is 11.7. The fourth-order valence-electron chi connectivity index (χ4n) is 1.54. The Balaban J connectivity index is 0.00000144. The average Bonchev–Trinajstić information content (AvgIpc) is 2.27. The van der Waals surface area contributed by atoms with Crippen LogP contribution in [0.2, 0.25) is 0 Å². The fourth-order valence-corrected chi connectivity index (χ4v) is 2.59. The van der Waals surface area contributed by atoms with Crippen LogP contribution < -0.4 is 10.1 Å². The first-order valence-electron chi connectivity index (χ1n) is 4.94. The van der Waals surface area contributed by atoms with Gasteiger partial charge in [0.05, 0.1) is 12.8 Å². The first kappa shape index (κ1) is 14.2. The molecular weight excluding hydrogens is 260 g/mol. The molecule has 1 amide bonds. The molecule has 4 nitrogen and oxygen atoms in total. The van der Waals surface area contributed by atoms with Gasteiger partial charge in [-0.05, 0) is 32.3 Å². The Morgan fingerprint density at radius 2 is 2.12 bits per heavy atom. The topological polar surface area (TPSA) is 41.6 Å². The molecule has 1 aromatic rings. The number of hydrogen-bond donors (Lipinski definition) is 1. The van der Waals surface area contributed by atoms with Crippen molar-refractivity contribution in [1.82, 2.24) is 4.90 Å². The smallest absolute Gasteiger partial charge is 0.252 e. The lowest BCUT2D eigenvalue weighted by atomic mass is 10.3. The highest BCUT2D eigenvalue weighted by Crippen LogP contribution is 2.38. The van der Waals surface area contributed by atoms with Gasteiger partial charge in [-0.15, -0.1) is 12.4 Å². The van der Waals surface area contributed by atoms with E-state index in [1.165, 1.54) is 11.8 Å². The summed E-state index contributed by atoms with van der Waals surface area (Å²) in [6.07, 6.45) is 0. The molecule has 1 unspecified atom stereocenters. The van der Waals surface area contributed by atoms with E-state index in [0.717, 1.165) is 16.3 Å². The van der Waals surface area contributed by atoms with Gasteiger partial charge in [-0.3, -0.25) is 9.69 Å². The molecule has 0 saturated heterocycles. The van der Waals surface area contributed by atoms with Gasteiger partial charge in [0, 0.05) is 4.90 Å². The summed E-state index contributed by atoms with van der Waals surface area (Å²) < 4.78 is 5.16. The summed E-state index contributed by atoms with van der Waals surface area (Å²) in [5.41, 5.74) is 0.855. The van der Waals surface area contributed by atoms with Crippen molar-refractivity contribution in [2.45, 2.75) is 10.3 Å². The van der Waals surface area contributed by atoms with Gasteiger partial charge in [-0.25, -0.2) is 0 Å². The number of anilines is 1. The number of carbonyl (C=O) groups excluding carboxylic acids is 1. The molecule has 2 rings (SSSR count). The Morgan fingerprint density at radius 1 is 1.41 bits per heavy atom. The summed E-state index contributed by atoms with van der Waals surface area (Å²) >= 11 is 1.54. The SMILES string of the molecule is COc1ccc2c(c1)SC(N(C)C)C(=O)N2.Cl. The Labute approximate surface area is 111 Å². The lowest BCUT2D eigenvalue weighted by Crippen LogP contribution is -2.39. The van der Waals surface area contributed by atoms with Crippen LogP contribution in [0.25, 0.3) is 0 Å². The highest BCUT2D eigenvalue weighted by atomic mass is 35.5. The van der Waals surface area contributed by atoms with Crippen LogP contribution in [0.4, 0.5) is 5.69 Å². The Kier molecular flexibility index (Phi) is 4.68. The summed E-state index contributed by atoms with van der Waals surface area (Å²) in [4.78, 5) is 14.7. The molecule has 0 fully saturated rings. The molecule has 0 saturated carbocycles. The Bertz CT molecular complexity index is 426. The quantitative estimate of drug-likeness (QED) is 0.896. The number of rotatable bonds is 2. The zero-order valence-corrected chi connectivity index (χ0v) is 11.5. The van der Waals surface area contributed by atoms with Gasteiger partial charge >= 0.3 is 0 Å². The van der Waals surface area contributed by atoms with E-state index in [9.17, 15) is 4.79 Å². The van der Waals surface area contributed by atoms with Gasteiger partial charge in [0.2, 0.25) is 0 Å². The lowest BCUT2D eigenvalue weighted by Gasteiger charge is -2.28. The van der Waals surface area contributed by atoms with Crippen LogP contribution >= 0.6 is 24.2 Å². The maximum Gasteiger partial charge on any atom is 0.252 e. The Morgan fingerprint density at radius 3 is 2.71 bits per heavy atom. The predicted molar refractivity (Wildman–Crippen MR) is 72.2 cm³/mol. The number of nitrogens with zero attached hydrogens (tertiary/aromatic N) is 1. The number of thioether (sulfide) groups is 1. The van der Waals surface area contributed by atoms with Crippen molar-refractivity contribution in [3.63, 3.8) is 0 Å². The number of ether oxygens (including phenoxy) is 1. The highest BCUT2D eigenvalue weighted by Gasteiger charge is 2.28. The van der Waals surface area contributed by atoms with E-state index in [-0.39, 0.29) is 23.7 Å². The molecule has 0 spiro atoms. The van der Waals surface area contributed by atoms with E-state index in [1.807, 2.05) is 37.2 Å². The molecule has 17 heavy (non-hydrogen) atoms. The molecule has 0 aromatic heterocycles. The highest BCUT2D eigenvalue weighted by molar-refractivity contribution is 8.00. The van der Waals surface area contributed by atoms with Crippen molar-refractivity contribution in [3.05, 3.63) is 18.2 Å². The van der Waals surface area contributed by atoms with E-state index in [4.69, 9.17) is 4.74 Å². The number of methoxy groups -OCH3 is 1. The molecule has 1 heterocycles. The van der Waals surface area contributed by atoms with Crippen LogP contribution in [0, 0.1) is 0 Å². The molecule has 0 bridgehead atoms. The van der Waals surface area contributed by atoms with Gasteiger partial charge in [-0.1, -0.05) is 11.8 Å². The minimum absolute atomic E-state index is 0. The number of hydrogen-bond acceptors (Lipinski definition) is 4. The third-order valence-electron chi connectivity index (χ3n) is 2.38. The van der Waals surface area contributed by atoms with Gasteiger partial charge in [0.15, 0.2) is 0 Å². The van der Waals surface area contributed by atoms with Crippen molar-refractivity contribution < 1.29 is 9.53 Å². The normalized spacial score (nSPS) is 18.1. The monoisotopic (exact) mass is 274 g/mol. The second kappa shape index (κ2) is 5.62. The number of fused-ring (bicyclic) bond motifs is 1. The lowest BCUT2D eigenvalue weighted by molar-refractivity contribution is -0.117. The van der Waals surface area contributed by atoms with Crippen molar-refractivity contribution in [2.75, 3.05) is 26.5 Å². The summed E-state index contributed by atoms with van der Waals surface area (Å²) in [7, 11) is 5.42. The molecule has 1 aliphatic rings. The fraction of sp³-hybridized carbons (Fsp3) is 0.364. The number of halogens is 1. The van der Waals surface area contributed by atoms with Crippen LogP contribution in [-0.4, -0.2) is 37.4 Å². The summed E-state index contributed by atoms with van der Waals surface area (Å²) in [5.74, 6) is 0.826. The molecule has 1 N–H and O–H groups in total. The van der Waals surface area contributed by atoms with Crippen molar-refractivity contribution in [3.8, 4) is 5.75 Å². The van der Waals surface area contributed by atoms with Crippen molar-refractivity contribution >= 4 is 35.8 Å². The summed E-state index contributed by atoms with van der Waals surface area (Å²) in [5, 5.41) is 2.70. The van der Waals surface area contributed by atoms with Gasteiger partial charge in [0.25, 0.3) is 5.91 Å². The maximum absolute atomic E-state index is 11.7. The number of carbonyl (C=O) groups is 1. The summed E-state index contributed by atoms with van der Waals surface area (Å²) in [6.45, 7) is 0. The van der Waals surface area contributed by atoms with E-state index in [0.29, 0.717) is 0 Å². The minimum atomic E-state index is -0.181. The standard InChI is InChI=1S/C11H14N2O2S.ClH/c1-13(2)11-10(14)12-8-5-4-7(15-3)6-9(8)16-11;/h4-6,11H,1-3H3,(H,12,14);1H. The largest absolute Gasteiger partial charge is 0.497 e. The average molecular weight is 275 g/mol. The molecule has 0 radical (unpaired) electrons. The van der Waals surface area contributed by atoms with Crippen LogP contribution in [0.15, 0.2) is 23.1 Å². The number of nitrogens with one attached hydrogen (secondary N) is 1. The second-order valence-corrected chi connectivity index (χ2v) is 4.91. The molecular formula is C11H15ClN2O2S. The van der Waals surface area contributed by atoms with Crippen LogP contribution in [0.3, 0.4) is 0 Å². The van der Waals surface area contributed by atoms with E-state index in [1.54, 1.807) is 7.11 Å². The first-order valence-corrected chi connectivity index (χ1v) is 5.82. The molecule has 1 aromatic carbocycles. The van der Waals surface area contributed by atoms with E-state index < -0.39 is 0 Å². The third kappa shape index (κ3) is 2.86. The van der Waals surface area contributed by atoms with Gasteiger partial charge in [0.1, 0.15) is 11.1 Å². The molecule has 1 aliphatic heterocycles. The molecule has 0 aliphatic carbocycles.